The highest BCUT2D eigenvalue weighted by molar-refractivity contribution is 6.05. The number of piperidine rings is 2. The molecule has 29 heavy (non-hydrogen) atoms. The predicted molar refractivity (Wildman–Crippen MR) is 107 cm³/mol. The fourth-order valence-electron chi connectivity index (χ4n) is 5.54. The second-order valence-corrected chi connectivity index (χ2v) is 9.14. The van der Waals surface area contributed by atoms with Gasteiger partial charge in [0.2, 0.25) is 11.8 Å². The SMILES string of the molecule is O=C1CCC(N2Cc3cc(CNCCC45CCC(C4)NC5)ccc3C2=O)C(=O)N1. The molecule has 3 amide bonds. The van der Waals surface area contributed by atoms with Crippen LogP contribution in [0.4, 0.5) is 0 Å². The van der Waals surface area contributed by atoms with Crippen LogP contribution in [0.1, 0.15) is 60.0 Å². The fraction of sp³-hybridized carbons (Fsp3) is 0.591. The maximum atomic E-state index is 12.8. The molecule has 3 N–H and O–H groups in total. The van der Waals surface area contributed by atoms with Crippen LogP contribution in [0.3, 0.4) is 0 Å². The molecular formula is C22H28N4O3. The molecule has 154 valence electrons. The highest BCUT2D eigenvalue weighted by Crippen LogP contribution is 2.45. The number of nitrogens with one attached hydrogen (secondary N) is 3. The van der Waals surface area contributed by atoms with Crippen molar-refractivity contribution < 1.29 is 14.4 Å². The van der Waals surface area contributed by atoms with Crippen LogP contribution in [0, 0.1) is 5.41 Å². The van der Waals surface area contributed by atoms with Gasteiger partial charge in [0.1, 0.15) is 6.04 Å². The quantitative estimate of drug-likeness (QED) is 0.494. The summed E-state index contributed by atoms with van der Waals surface area (Å²) in [5.41, 5.74) is 3.31. The first-order valence-corrected chi connectivity index (χ1v) is 10.7. The van der Waals surface area contributed by atoms with Gasteiger partial charge in [0.15, 0.2) is 0 Å². The van der Waals surface area contributed by atoms with Crippen LogP contribution in [-0.4, -0.2) is 47.8 Å². The third-order valence-electron chi connectivity index (χ3n) is 7.22. The van der Waals surface area contributed by atoms with Crippen molar-refractivity contribution in [3.8, 4) is 0 Å². The Morgan fingerprint density at radius 2 is 2.10 bits per heavy atom. The summed E-state index contributed by atoms with van der Waals surface area (Å²) in [4.78, 5) is 37.9. The molecule has 4 aliphatic rings. The van der Waals surface area contributed by atoms with E-state index in [-0.39, 0.29) is 24.1 Å². The van der Waals surface area contributed by atoms with E-state index in [2.05, 4.69) is 22.0 Å². The lowest BCUT2D eigenvalue weighted by molar-refractivity contribution is -0.136. The molecule has 2 bridgehead atoms. The Morgan fingerprint density at radius 3 is 2.83 bits per heavy atom. The Balaban J connectivity index is 1.18. The number of benzene rings is 1. The predicted octanol–water partition coefficient (Wildman–Crippen LogP) is 1.07. The summed E-state index contributed by atoms with van der Waals surface area (Å²) in [5.74, 6) is -0.735. The summed E-state index contributed by atoms with van der Waals surface area (Å²) in [7, 11) is 0. The van der Waals surface area contributed by atoms with Gasteiger partial charge in [-0.25, -0.2) is 0 Å². The number of amides is 3. The van der Waals surface area contributed by atoms with E-state index in [1.807, 2.05) is 12.1 Å². The topological polar surface area (TPSA) is 90.5 Å². The van der Waals surface area contributed by atoms with Crippen molar-refractivity contribution >= 4 is 17.7 Å². The van der Waals surface area contributed by atoms with Crippen molar-refractivity contribution in [1.29, 1.82) is 0 Å². The molecule has 1 aromatic rings. The second-order valence-electron chi connectivity index (χ2n) is 9.14. The minimum absolute atomic E-state index is 0.113. The smallest absolute Gasteiger partial charge is 0.255 e. The van der Waals surface area contributed by atoms with E-state index in [4.69, 9.17) is 0 Å². The Hall–Kier alpha value is -2.25. The Kier molecular flexibility index (Phi) is 4.67. The minimum Gasteiger partial charge on any atom is -0.322 e. The van der Waals surface area contributed by atoms with E-state index < -0.39 is 6.04 Å². The fourth-order valence-corrected chi connectivity index (χ4v) is 5.54. The first-order valence-electron chi connectivity index (χ1n) is 10.7. The molecule has 3 unspecified atom stereocenters. The standard InChI is InChI=1S/C22H28N4O3/c27-19-4-3-18(20(28)25-19)26-12-15-9-14(1-2-17(15)21(26)29)11-23-8-7-22-6-5-16(10-22)24-13-22/h1-2,9,16,18,23-24H,3-8,10-13H2,(H,25,27,28). The number of imide groups is 1. The summed E-state index contributed by atoms with van der Waals surface area (Å²) in [6.07, 6.45) is 5.89. The molecule has 0 spiro atoms. The summed E-state index contributed by atoms with van der Waals surface area (Å²) in [6.45, 7) is 3.39. The van der Waals surface area contributed by atoms with Gasteiger partial charge in [-0.1, -0.05) is 12.1 Å². The van der Waals surface area contributed by atoms with Gasteiger partial charge in [-0.3, -0.25) is 19.7 Å². The molecule has 7 nitrogen and oxygen atoms in total. The van der Waals surface area contributed by atoms with Crippen molar-refractivity contribution in [3.05, 3.63) is 34.9 Å². The molecule has 0 radical (unpaired) electrons. The maximum Gasteiger partial charge on any atom is 0.255 e. The van der Waals surface area contributed by atoms with Crippen molar-refractivity contribution in [1.82, 2.24) is 20.9 Å². The maximum absolute atomic E-state index is 12.8. The number of rotatable bonds is 6. The lowest BCUT2D eigenvalue weighted by Crippen LogP contribution is -2.52. The number of nitrogens with zero attached hydrogens (tertiary/aromatic N) is 1. The molecular weight excluding hydrogens is 368 g/mol. The van der Waals surface area contributed by atoms with Gasteiger partial charge >= 0.3 is 0 Å². The molecule has 1 aromatic carbocycles. The van der Waals surface area contributed by atoms with Gasteiger partial charge in [-0.05, 0) is 61.3 Å². The third-order valence-corrected chi connectivity index (χ3v) is 7.22. The summed E-state index contributed by atoms with van der Waals surface area (Å²) >= 11 is 0. The zero-order valence-electron chi connectivity index (χ0n) is 16.6. The largest absolute Gasteiger partial charge is 0.322 e. The first-order chi connectivity index (χ1) is 14.0. The molecule has 3 aliphatic heterocycles. The van der Waals surface area contributed by atoms with E-state index in [0.717, 1.165) is 36.8 Å². The van der Waals surface area contributed by atoms with Crippen molar-refractivity contribution in [2.24, 2.45) is 5.41 Å². The number of hydrogen-bond acceptors (Lipinski definition) is 5. The lowest BCUT2D eigenvalue weighted by Gasteiger charge is -2.29. The monoisotopic (exact) mass is 396 g/mol. The zero-order chi connectivity index (χ0) is 20.0. The Labute approximate surface area is 170 Å². The number of fused-ring (bicyclic) bond motifs is 3. The van der Waals surface area contributed by atoms with Crippen LogP contribution < -0.4 is 16.0 Å². The van der Waals surface area contributed by atoms with Crippen LogP contribution in [0.15, 0.2) is 18.2 Å². The van der Waals surface area contributed by atoms with Gasteiger partial charge in [0.05, 0.1) is 0 Å². The molecule has 5 rings (SSSR count). The number of carbonyl (C=O) groups is 3. The van der Waals surface area contributed by atoms with Crippen molar-refractivity contribution in [3.63, 3.8) is 0 Å². The van der Waals surface area contributed by atoms with Crippen molar-refractivity contribution in [2.75, 3.05) is 13.1 Å². The second kappa shape index (κ2) is 7.22. The van der Waals surface area contributed by atoms with Crippen LogP contribution >= 0.6 is 0 Å². The third kappa shape index (κ3) is 3.46. The van der Waals surface area contributed by atoms with E-state index in [1.165, 1.54) is 25.7 Å². The molecule has 3 atom stereocenters. The van der Waals surface area contributed by atoms with E-state index >= 15 is 0 Å². The average molecular weight is 396 g/mol. The van der Waals surface area contributed by atoms with Crippen LogP contribution in [0.5, 0.6) is 0 Å². The van der Waals surface area contributed by atoms with Crippen LogP contribution in [-0.2, 0) is 22.7 Å². The van der Waals surface area contributed by atoms with Gasteiger partial charge in [-0.2, -0.15) is 0 Å². The van der Waals surface area contributed by atoms with Crippen molar-refractivity contribution in [2.45, 2.75) is 63.7 Å². The highest BCUT2D eigenvalue weighted by Gasteiger charge is 2.44. The first kappa shape index (κ1) is 18.8. The molecule has 3 fully saturated rings. The van der Waals surface area contributed by atoms with Gasteiger partial charge in [0, 0.05) is 37.7 Å². The van der Waals surface area contributed by atoms with E-state index in [0.29, 0.717) is 23.9 Å². The van der Waals surface area contributed by atoms with Crippen LogP contribution in [0.25, 0.3) is 0 Å². The minimum atomic E-state index is -0.552. The summed E-state index contributed by atoms with van der Waals surface area (Å²) < 4.78 is 0. The molecule has 7 heteroatoms. The number of carbonyl (C=O) groups excluding carboxylic acids is 3. The Morgan fingerprint density at radius 1 is 1.21 bits per heavy atom. The molecule has 2 saturated heterocycles. The average Bonchev–Trinajstić information content (AvgIpc) is 3.39. The molecule has 3 heterocycles. The van der Waals surface area contributed by atoms with E-state index in [9.17, 15) is 14.4 Å². The van der Waals surface area contributed by atoms with Gasteiger partial charge < -0.3 is 15.5 Å². The van der Waals surface area contributed by atoms with Gasteiger partial charge in [0.25, 0.3) is 5.91 Å². The normalized spacial score (nSPS) is 30.8. The number of hydrogen-bond donors (Lipinski definition) is 3. The lowest BCUT2D eigenvalue weighted by atomic mass is 9.84. The molecule has 0 aromatic heterocycles. The highest BCUT2D eigenvalue weighted by atomic mass is 16.2. The molecule has 1 aliphatic carbocycles. The van der Waals surface area contributed by atoms with Crippen LogP contribution in [0.2, 0.25) is 0 Å². The summed E-state index contributed by atoms with van der Waals surface area (Å²) in [6, 6.07) is 6.15. The Bertz CT molecular complexity index is 860. The molecule has 1 saturated carbocycles. The van der Waals surface area contributed by atoms with Gasteiger partial charge in [-0.15, -0.1) is 0 Å². The zero-order valence-corrected chi connectivity index (χ0v) is 16.6. The van der Waals surface area contributed by atoms with E-state index in [1.54, 1.807) is 4.90 Å². The summed E-state index contributed by atoms with van der Waals surface area (Å²) in [5, 5.41) is 9.53.